The van der Waals surface area contributed by atoms with E-state index in [0.717, 1.165) is 12.1 Å². The molecule has 2 rings (SSSR count). The molecule has 1 aliphatic heterocycles. The quantitative estimate of drug-likeness (QED) is 0.547. The highest BCUT2D eigenvalue weighted by Crippen LogP contribution is 2.50. The number of hydrogen-bond acceptors (Lipinski definition) is 5. The van der Waals surface area contributed by atoms with E-state index in [0.29, 0.717) is 12.1 Å². The van der Waals surface area contributed by atoms with Gasteiger partial charge in [-0.15, -0.1) is 0 Å². The van der Waals surface area contributed by atoms with Gasteiger partial charge in [-0.3, -0.25) is 14.9 Å². The number of benzene rings is 1. The van der Waals surface area contributed by atoms with E-state index in [9.17, 15) is 48.7 Å². The molecule has 0 bridgehead atoms. The van der Waals surface area contributed by atoms with Gasteiger partial charge in [0.1, 0.15) is 6.04 Å². The minimum absolute atomic E-state index is 0.00534. The molecule has 0 spiro atoms. The number of hydrogen-bond donors (Lipinski definition) is 2. The van der Waals surface area contributed by atoms with Crippen LogP contribution in [-0.4, -0.2) is 43.6 Å². The highest BCUT2D eigenvalue weighted by Gasteiger charge is 2.78. The summed E-state index contributed by atoms with van der Waals surface area (Å²) in [5.74, 6) is -8.04. The predicted octanol–water partition coefficient (Wildman–Crippen LogP) is 2.47. The minimum atomic E-state index is -6.82. The molecule has 1 atom stereocenters. The zero-order chi connectivity index (χ0) is 21.5. The van der Waals surface area contributed by atoms with Gasteiger partial charge >= 0.3 is 17.4 Å². The molecule has 1 fully saturated rings. The average molecular weight is 436 g/mol. The second kappa shape index (κ2) is 6.90. The maximum absolute atomic E-state index is 13.6. The standard InChI is InChI=1S/C14H11F7N2O4S/c15-12(16,13(17,18)19)14(20,21)28(26,27)8-3-1-7(2-4-8)22-9-5-6-10(24)23-11(9)25/h1-4,9,22H,5-6H2,(H,23,24,25). The number of halogens is 7. The SMILES string of the molecule is O=C1CCC(Nc2ccc(S(=O)(=O)C(F)(F)C(F)(F)C(F)(F)F)cc2)C(=O)N1. The van der Waals surface area contributed by atoms with Crippen LogP contribution in [0.1, 0.15) is 12.8 Å². The Balaban J connectivity index is 2.26. The second-order valence-electron chi connectivity index (χ2n) is 5.76. The van der Waals surface area contributed by atoms with Crippen LogP contribution in [0, 0.1) is 0 Å². The van der Waals surface area contributed by atoms with Gasteiger partial charge in [-0.05, 0) is 30.7 Å². The molecule has 1 heterocycles. The molecule has 1 saturated heterocycles. The van der Waals surface area contributed by atoms with Crippen molar-refractivity contribution < 1.29 is 48.7 Å². The van der Waals surface area contributed by atoms with Gasteiger partial charge in [-0.25, -0.2) is 8.42 Å². The van der Waals surface area contributed by atoms with Crippen molar-refractivity contribution in [2.24, 2.45) is 0 Å². The highest BCUT2D eigenvalue weighted by atomic mass is 32.2. The fourth-order valence-corrected chi connectivity index (χ4v) is 3.49. The fraction of sp³-hybridized carbons (Fsp3) is 0.429. The number of imide groups is 1. The Kier molecular flexibility index (Phi) is 5.40. The Morgan fingerprint density at radius 2 is 1.50 bits per heavy atom. The first-order chi connectivity index (χ1) is 12.6. The van der Waals surface area contributed by atoms with E-state index in [1.165, 1.54) is 0 Å². The molecule has 1 aromatic rings. The predicted molar refractivity (Wildman–Crippen MR) is 79.4 cm³/mol. The number of alkyl halides is 7. The molecule has 2 amide bonds. The Hall–Kier alpha value is -2.38. The molecule has 0 aromatic heterocycles. The maximum Gasteiger partial charge on any atom is 0.461 e. The van der Waals surface area contributed by atoms with Gasteiger partial charge in [0.25, 0.3) is 0 Å². The molecule has 156 valence electrons. The lowest BCUT2D eigenvalue weighted by molar-refractivity contribution is -0.332. The van der Waals surface area contributed by atoms with Crippen molar-refractivity contribution in [3.8, 4) is 0 Å². The van der Waals surface area contributed by atoms with Crippen LogP contribution >= 0.6 is 0 Å². The largest absolute Gasteiger partial charge is 0.461 e. The van der Waals surface area contributed by atoms with Crippen molar-refractivity contribution in [1.82, 2.24) is 5.32 Å². The van der Waals surface area contributed by atoms with Crippen LogP contribution in [0.15, 0.2) is 29.2 Å². The second-order valence-corrected chi connectivity index (χ2v) is 7.76. The Labute approximate surface area is 153 Å². The molecule has 0 aliphatic carbocycles. The first kappa shape index (κ1) is 21.9. The molecule has 6 nitrogen and oxygen atoms in total. The van der Waals surface area contributed by atoms with Gasteiger partial charge in [-0.2, -0.15) is 30.7 Å². The molecular weight excluding hydrogens is 425 g/mol. The summed E-state index contributed by atoms with van der Waals surface area (Å²) in [5, 5.41) is -1.89. The third-order valence-corrected chi connectivity index (χ3v) is 5.63. The minimum Gasteiger partial charge on any atom is -0.374 e. The molecule has 1 aromatic carbocycles. The summed E-state index contributed by atoms with van der Waals surface area (Å²) < 4.78 is 113. The van der Waals surface area contributed by atoms with Crippen molar-refractivity contribution in [2.75, 3.05) is 5.32 Å². The van der Waals surface area contributed by atoms with Gasteiger partial charge in [0.15, 0.2) is 0 Å². The van der Waals surface area contributed by atoms with Crippen molar-refractivity contribution in [3.05, 3.63) is 24.3 Å². The van der Waals surface area contributed by atoms with Crippen molar-refractivity contribution in [2.45, 2.75) is 41.1 Å². The summed E-state index contributed by atoms with van der Waals surface area (Å²) in [5.41, 5.74) is -0.0145. The summed E-state index contributed by atoms with van der Waals surface area (Å²) >= 11 is 0. The number of carbonyl (C=O) groups excluding carboxylic acids is 2. The van der Waals surface area contributed by atoms with Crippen LogP contribution in [0.3, 0.4) is 0 Å². The van der Waals surface area contributed by atoms with Crippen LogP contribution in [0.4, 0.5) is 36.4 Å². The molecule has 0 saturated carbocycles. The van der Waals surface area contributed by atoms with E-state index in [4.69, 9.17) is 0 Å². The summed E-state index contributed by atoms with van der Waals surface area (Å²) in [7, 11) is -6.40. The van der Waals surface area contributed by atoms with E-state index < -0.39 is 49.9 Å². The summed E-state index contributed by atoms with van der Waals surface area (Å²) in [6, 6.07) is 1.47. The first-order valence-corrected chi connectivity index (χ1v) is 8.87. The number of rotatable bonds is 5. The Morgan fingerprint density at radius 1 is 0.964 bits per heavy atom. The summed E-state index contributed by atoms with van der Waals surface area (Å²) in [6.07, 6.45) is -6.73. The van der Waals surface area contributed by atoms with E-state index in [2.05, 4.69) is 5.32 Å². The van der Waals surface area contributed by atoms with Crippen molar-refractivity contribution >= 4 is 27.3 Å². The molecule has 1 unspecified atom stereocenters. The monoisotopic (exact) mass is 436 g/mol. The van der Waals surface area contributed by atoms with Crippen LogP contribution in [0.5, 0.6) is 0 Å². The zero-order valence-corrected chi connectivity index (χ0v) is 14.3. The first-order valence-electron chi connectivity index (χ1n) is 7.38. The molecular formula is C14H11F7N2O4S. The van der Waals surface area contributed by atoms with Gasteiger partial charge < -0.3 is 5.32 Å². The van der Waals surface area contributed by atoms with Crippen LogP contribution in [0.25, 0.3) is 0 Å². The number of anilines is 1. The van der Waals surface area contributed by atoms with Crippen LogP contribution < -0.4 is 10.6 Å². The van der Waals surface area contributed by atoms with Crippen LogP contribution in [0.2, 0.25) is 0 Å². The number of piperidine rings is 1. The van der Waals surface area contributed by atoms with E-state index in [1.54, 1.807) is 0 Å². The third kappa shape index (κ3) is 3.64. The van der Waals surface area contributed by atoms with E-state index >= 15 is 0 Å². The number of nitrogens with one attached hydrogen (secondary N) is 2. The van der Waals surface area contributed by atoms with Crippen molar-refractivity contribution in [1.29, 1.82) is 0 Å². The maximum atomic E-state index is 13.6. The molecule has 1 aliphatic rings. The van der Waals surface area contributed by atoms with E-state index in [-0.39, 0.29) is 18.5 Å². The van der Waals surface area contributed by atoms with Gasteiger partial charge in [-0.1, -0.05) is 0 Å². The Morgan fingerprint density at radius 3 is 1.96 bits per heavy atom. The smallest absolute Gasteiger partial charge is 0.374 e. The topological polar surface area (TPSA) is 92.3 Å². The van der Waals surface area contributed by atoms with Crippen LogP contribution in [-0.2, 0) is 19.4 Å². The zero-order valence-electron chi connectivity index (χ0n) is 13.5. The van der Waals surface area contributed by atoms with Gasteiger partial charge in [0.2, 0.25) is 21.7 Å². The number of amides is 2. The number of sulfone groups is 1. The summed E-state index contributed by atoms with van der Waals surface area (Å²) in [6.45, 7) is 0. The lowest BCUT2D eigenvalue weighted by Crippen LogP contribution is -2.55. The van der Waals surface area contributed by atoms with Gasteiger partial charge in [0.05, 0.1) is 4.90 Å². The molecule has 2 N–H and O–H groups in total. The lowest BCUT2D eigenvalue weighted by atomic mass is 10.1. The van der Waals surface area contributed by atoms with Gasteiger partial charge in [0, 0.05) is 12.1 Å². The Bertz CT molecular complexity index is 882. The van der Waals surface area contributed by atoms with E-state index in [1.807, 2.05) is 5.32 Å². The normalized spacial score (nSPS) is 19.3. The lowest BCUT2D eigenvalue weighted by Gasteiger charge is -2.27. The number of carbonyl (C=O) groups is 2. The summed E-state index contributed by atoms with van der Waals surface area (Å²) in [4.78, 5) is 21.1. The third-order valence-electron chi connectivity index (χ3n) is 3.80. The molecule has 0 radical (unpaired) electrons. The highest BCUT2D eigenvalue weighted by molar-refractivity contribution is 7.92. The average Bonchev–Trinajstić information content (AvgIpc) is 2.56. The fourth-order valence-electron chi connectivity index (χ4n) is 2.24. The molecule has 28 heavy (non-hydrogen) atoms. The van der Waals surface area contributed by atoms with Crippen molar-refractivity contribution in [3.63, 3.8) is 0 Å². The molecule has 14 heteroatoms.